The Morgan fingerprint density at radius 2 is 1.73 bits per heavy atom. The van der Waals surface area contributed by atoms with Gasteiger partial charge in [0, 0.05) is 43.4 Å². The number of rotatable bonds is 9. The molecule has 174 valence electrons. The van der Waals surface area contributed by atoms with Gasteiger partial charge in [0.15, 0.2) is 6.61 Å². The number of furan rings is 1. The maximum absolute atomic E-state index is 12.4. The molecule has 1 fully saturated rings. The number of amides is 1. The first-order chi connectivity index (χ1) is 16.1. The zero-order valence-electron chi connectivity index (χ0n) is 18.6. The number of benzene rings is 2. The number of nitrogens with zero attached hydrogens (tertiary/aromatic N) is 2. The second-order valence-corrected chi connectivity index (χ2v) is 8.24. The number of carbonyl (C=O) groups is 1. The van der Waals surface area contributed by atoms with E-state index in [0.29, 0.717) is 17.3 Å². The molecule has 0 unspecified atom stereocenters. The molecule has 1 amide bonds. The molecule has 0 radical (unpaired) electrons. The molecule has 8 heteroatoms. The number of hydrogen-bond acceptors (Lipinski definition) is 6. The molecule has 1 saturated heterocycles. The monoisotopic (exact) mass is 469 g/mol. The summed E-state index contributed by atoms with van der Waals surface area (Å²) in [4.78, 5) is 17.1. The first kappa shape index (κ1) is 23.0. The van der Waals surface area contributed by atoms with Gasteiger partial charge in [-0.1, -0.05) is 11.6 Å². The Labute approximate surface area is 198 Å². The van der Waals surface area contributed by atoms with E-state index in [4.69, 9.17) is 25.5 Å². The number of ether oxygens (including phenoxy) is 2. The zero-order valence-corrected chi connectivity index (χ0v) is 19.3. The summed E-state index contributed by atoms with van der Waals surface area (Å²) in [6, 6.07) is 18.9. The minimum absolute atomic E-state index is 0.0440. The largest absolute Gasteiger partial charge is 0.497 e. The van der Waals surface area contributed by atoms with Crippen LogP contribution in [0.2, 0.25) is 5.02 Å². The van der Waals surface area contributed by atoms with Crippen molar-refractivity contribution in [2.75, 3.05) is 51.3 Å². The fourth-order valence-electron chi connectivity index (χ4n) is 3.92. The number of hydrogen-bond donors (Lipinski definition) is 1. The normalized spacial score (nSPS) is 15.2. The van der Waals surface area contributed by atoms with Gasteiger partial charge in [-0.25, -0.2) is 0 Å². The summed E-state index contributed by atoms with van der Waals surface area (Å²) < 4.78 is 16.5. The lowest BCUT2D eigenvalue weighted by Crippen LogP contribution is -2.50. The summed E-state index contributed by atoms with van der Waals surface area (Å²) >= 11 is 5.88. The molecule has 4 rings (SSSR count). The number of halogens is 1. The van der Waals surface area contributed by atoms with Gasteiger partial charge in [-0.2, -0.15) is 0 Å². The first-order valence-electron chi connectivity index (χ1n) is 10.9. The van der Waals surface area contributed by atoms with Crippen LogP contribution in [0.25, 0.3) is 0 Å². The van der Waals surface area contributed by atoms with Crippen molar-refractivity contribution >= 4 is 23.2 Å². The molecule has 7 nitrogen and oxygen atoms in total. The average molecular weight is 470 g/mol. The highest BCUT2D eigenvalue weighted by atomic mass is 35.5. The van der Waals surface area contributed by atoms with E-state index in [9.17, 15) is 4.79 Å². The maximum Gasteiger partial charge on any atom is 0.258 e. The molecular formula is C25H28ClN3O4. The highest BCUT2D eigenvalue weighted by Crippen LogP contribution is 2.25. The van der Waals surface area contributed by atoms with Crippen LogP contribution in [0.1, 0.15) is 11.8 Å². The third kappa shape index (κ3) is 6.21. The van der Waals surface area contributed by atoms with Gasteiger partial charge in [-0.3, -0.25) is 9.69 Å². The van der Waals surface area contributed by atoms with Crippen molar-refractivity contribution < 1.29 is 18.7 Å². The molecule has 0 bridgehead atoms. The summed E-state index contributed by atoms with van der Waals surface area (Å²) in [6.45, 7) is 3.87. The van der Waals surface area contributed by atoms with Crippen molar-refractivity contribution in [3.63, 3.8) is 0 Å². The van der Waals surface area contributed by atoms with E-state index < -0.39 is 0 Å². The molecule has 33 heavy (non-hydrogen) atoms. The van der Waals surface area contributed by atoms with E-state index in [1.165, 1.54) is 5.69 Å². The topological polar surface area (TPSA) is 67.2 Å². The molecule has 0 spiro atoms. The summed E-state index contributed by atoms with van der Waals surface area (Å²) in [5.74, 6) is 2.11. The third-order valence-corrected chi connectivity index (χ3v) is 5.99. The van der Waals surface area contributed by atoms with Crippen LogP contribution in [0.3, 0.4) is 0 Å². The molecule has 1 atom stereocenters. The van der Waals surface area contributed by atoms with Gasteiger partial charge in [-0.15, -0.1) is 0 Å². The molecule has 2 aromatic carbocycles. The number of carbonyl (C=O) groups excluding carboxylic acids is 1. The van der Waals surface area contributed by atoms with Crippen LogP contribution in [0, 0.1) is 0 Å². The average Bonchev–Trinajstić information content (AvgIpc) is 3.39. The SMILES string of the molecule is COc1ccc(N2CCN([C@@H](CNC(=O)COc3ccc(Cl)cc3)c3ccco3)CC2)cc1. The van der Waals surface area contributed by atoms with Crippen molar-refractivity contribution in [2.24, 2.45) is 0 Å². The smallest absolute Gasteiger partial charge is 0.258 e. The second-order valence-electron chi connectivity index (χ2n) is 7.80. The van der Waals surface area contributed by atoms with Crippen LogP contribution in [0.5, 0.6) is 11.5 Å². The second kappa shape index (κ2) is 11.1. The molecule has 2 heterocycles. The van der Waals surface area contributed by atoms with Crippen LogP contribution >= 0.6 is 11.6 Å². The number of piperazine rings is 1. The van der Waals surface area contributed by atoms with Crippen molar-refractivity contribution in [2.45, 2.75) is 6.04 Å². The lowest BCUT2D eigenvalue weighted by atomic mass is 10.1. The molecule has 0 aliphatic carbocycles. The Balaban J connectivity index is 1.31. The van der Waals surface area contributed by atoms with Crippen LogP contribution in [-0.2, 0) is 4.79 Å². The lowest BCUT2D eigenvalue weighted by molar-refractivity contribution is -0.123. The molecule has 1 aromatic heterocycles. The quantitative estimate of drug-likeness (QED) is 0.511. The fraction of sp³-hybridized carbons (Fsp3) is 0.320. The van der Waals surface area contributed by atoms with Gasteiger partial charge < -0.3 is 24.1 Å². The van der Waals surface area contributed by atoms with Crippen molar-refractivity contribution in [3.05, 3.63) is 77.7 Å². The Morgan fingerprint density at radius 1 is 1.03 bits per heavy atom. The first-order valence-corrected chi connectivity index (χ1v) is 11.3. The van der Waals surface area contributed by atoms with Crippen LogP contribution in [-0.4, -0.2) is 57.2 Å². The van der Waals surface area contributed by atoms with E-state index in [0.717, 1.165) is 37.7 Å². The Kier molecular flexibility index (Phi) is 7.75. The minimum Gasteiger partial charge on any atom is -0.497 e. The van der Waals surface area contributed by atoms with Gasteiger partial charge in [0.2, 0.25) is 0 Å². The van der Waals surface area contributed by atoms with Crippen molar-refractivity contribution in [1.82, 2.24) is 10.2 Å². The summed E-state index contributed by atoms with van der Waals surface area (Å²) in [7, 11) is 1.67. The standard InChI is InChI=1S/C25H28ClN3O4/c1-31-21-10-6-20(7-11-21)28-12-14-29(15-13-28)23(24-3-2-16-32-24)17-27-25(30)18-33-22-8-4-19(26)5-9-22/h2-11,16,23H,12-15,17-18H2,1H3,(H,27,30)/t23-/m0/s1. The van der Waals surface area contributed by atoms with Gasteiger partial charge in [0.1, 0.15) is 17.3 Å². The molecular weight excluding hydrogens is 442 g/mol. The minimum atomic E-state index is -0.182. The highest BCUT2D eigenvalue weighted by Gasteiger charge is 2.27. The third-order valence-electron chi connectivity index (χ3n) is 5.74. The predicted octanol–water partition coefficient (Wildman–Crippen LogP) is 4.00. The Bertz CT molecular complexity index is 1000. The van der Waals surface area contributed by atoms with Crippen LogP contribution < -0.4 is 19.7 Å². The number of anilines is 1. The molecule has 3 aromatic rings. The van der Waals surface area contributed by atoms with E-state index in [-0.39, 0.29) is 18.6 Å². The van der Waals surface area contributed by atoms with Crippen molar-refractivity contribution in [3.8, 4) is 11.5 Å². The van der Waals surface area contributed by atoms with E-state index >= 15 is 0 Å². The van der Waals surface area contributed by atoms with Gasteiger partial charge in [0.25, 0.3) is 5.91 Å². The fourth-order valence-corrected chi connectivity index (χ4v) is 4.04. The van der Waals surface area contributed by atoms with Crippen molar-refractivity contribution in [1.29, 1.82) is 0 Å². The van der Waals surface area contributed by atoms with Gasteiger partial charge in [0.05, 0.1) is 19.4 Å². The molecule has 1 aliphatic rings. The molecule has 1 N–H and O–H groups in total. The maximum atomic E-state index is 12.4. The Hall–Kier alpha value is -3.16. The molecule has 1 aliphatic heterocycles. The molecule has 0 saturated carbocycles. The summed E-state index contributed by atoms with van der Waals surface area (Å²) in [5.41, 5.74) is 1.18. The number of nitrogens with one attached hydrogen (secondary N) is 1. The van der Waals surface area contributed by atoms with Gasteiger partial charge >= 0.3 is 0 Å². The van der Waals surface area contributed by atoms with Gasteiger partial charge in [-0.05, 0) is 60.7 Å². The summed E-state index contributed by atoms with van der Waals surface area (Å²) in [5, 5.41) is 3.61. The van der Waals surface area contributed by atoms with Crippen LogP contribution in [0.15, 0.2) is 71.3 Å². The van der Waals surface area contributed by atoms with E-state index in [1.54, 1.807) is 37.6 Å². The Morgan fingerprint density at radius 3 is 2.36 bits per heavy atom. The number of methoxy groups -OCH3 is 1. The van der Waals surface area contributed by atoms with E-state index in [1.807, 2.05) is 24.3 Å². The summed E-state index contributed by atoms with van der Waals surface area (Å²) in [6.07, 6.45) is 1.67. The zero-order chi connectivity index (χ0) is 23.0. The predicted molar refractivity (Wildman–Crippen MR) is 128 cm³/mol. The van der Waals surface area contributed by atoms with Crippen LogP contribution in [0.4, 0.5) is 5.69 Å². The highest BCUT2D eigenvalue weighted by molar-refractivity contribution is 6.30. The van der Waals surface area contributed by atoms with E-state index in [2.05, 4.69) is 27.2 Å². The lowest BCUT2D eigenvalue weighted by Gasteiger charge is -2.39.